The first-order valence-electron chi connectivity index (χ1n) is 10.7. The van der Waals surface area contributed by atoms with Gasteiger partial charge in [0, 0.05) is 22.6 Å². The molecule has 2 aromatic carbocycles. The van der Waals surface area contributed by atoms with E-state index < -0.39 is 34.1 Å². The van der Waals surface area contributed by atoms with Gasteiger partial charge in [0.2, 0.25) is 21.8 Å². The van der Waals surface area contributed by atoms with Crippen molar-refractivity contribution in [2.24, 2.45) is 0 Å². The molecule has 0 saturated carbocycles. The van der Waals surface area contributed by atoms with Crippen molar-refractivity contribution in [3.8, 4) is 5.75 Å². The van der Waals surface area contributed by atoms with Gasteiger partial charge in [-0.25, -0.2) is 8.42 Å². The molecule has 1 N–H and O–H groups in total. The molecule has 0 spiro atoms. The average Bonchev–Trinajstić information content (AvgIpc) is 2.73. The van der Waals surface area contributed by atoms with Crippen molar-refractivity contribution in [1.82, 2.24) is 10.2 Å². The van der Waals surface area contributed by atoms with Gasteiger partial charge in [-0.05, 0) is 57.5 Å². The van der Waals surface area contributed by atoms with Crippen LogP contribution in [0.4, 0.5) is 5.69 Å². The highest BCUT2D eigenvalue weighted by Crippen LogP contribution is 2.24. The Labute approximate surface area is 210 Å². The molecule has 0 unspecified atom stereocenters. The minimum Gasteiger partial charge on any atom is -0.497 e. The first kappa shape index (κ1) is 27.7. The Morgan fingerprint density at radius 3 is 2.32 bits per heavy atom. The fourth-order valence-electron chi connectivity index (χ4n) is 3.27. The number of methoxy groups -OCH3 is 1. The quantitative estimate of drug-likeness (QED) is 0.512. The zero-order chi connectivity index (χ0) is 25.7. The number of nitrogens with zero attached hydrogens (tertiary/aromatic N) is 2. The van der Waals surface area contributed by atoms with E-state index in [1.807, 2.05) is 45.0 Å². The van der Waals surface area contributed by atoms with Crippen molar-refractivity contribution in [1.29, 1.82) is 0 Å². The number of amides is 2. The predicted octanol–water partition coefficient (Wildman–Crippen LogP) is 3.56. The standard InChI is InChI=1S/C24H32BrN3O5S/c1-17(23(30)26-24(2,3)4)27(15-18-9-7-10-19(25)13-18)22(29)16-28(34(6,31)32)20-11-8-12-21(14-20)33-5/h7-14,17H,15-16H2,1-6H3,(H,26,30)/t17-/m1/s1. The summed E-state index contributed by atoms with van der Waals surface area (Å²) in [7, 11) is -2.33. The Kier molecular flexibility index (Phi) is 9.13. The van der Waals surface area contributed by atoms with Crippen molar-refractivity contribution in [3.05, 3.63) is 58.6 Å². The summed E-state index contributed by atoms with van der Waals surface area (Å²) in [6.07, 6.45) is 1.04. The monoisotopic (exact) mass is 553 g/mol. The fourth-order valence-corrected chi connectivity index (χ4v) is 4.56. The number of nitrogens with one attached hydrogen (secondary N) is 1. The molecule has 186 valence electrons. The number of benzene rings is 2. The Morgan fingerprint density at radius 1 is 1.12 bits per heavy atom. The van der Waals surface area contributed by atoms with E-state index in [0.29, 0.717) is 11.4 Å². The maximum Gasteiger partial charge on any atom is 0.244 e. The van der Waals surface area contributed by atoms with Crippen LogP contribution in [0.5, 0.6) is 5.75 Å². The van der Waals surface area contributed by atoms with E-state index in [1.165, 1.54) is 12.0 Å². The second kappa shape index (κ2) is 11.2. The van der Waals surface area contributed by atoms with Gasteiger partial charge < -0.3 is 15.0 Å². The number of hydrogen-bond acceptors (Lipinski definition) is 5. The third-order valence-electron chi connectivity index (χ3n) is 4.93. The van der Waals surface area contributed by atoms with E-state index in [9.17, 15) is 18.0 Å². The van der Waals surface area contributed by atoms with Gasteiger partial charge in [0.05, 0.1) is 19.1 Å². The lowest BCUT2D eigenvalue weighted by Gasteiger charge is -2.33. The predicted molar refractivity (Wildman–Crippen MR) is 137 cm³/mol. The third-order valence-corrected chi connectivity index (χ3v) is 6.56. The molecule has 34 heavy (non-hydrogen) atoms. The van der Waals surface area contributed by atoms with E-state index in [0.717, 1.165) is 20.6 Å². The molecule has 2 amide bonds. The van der Waals surface area contributed by atoms with Crippen molar-refractivity contribution in [2.45, 2.75) is 45.8 Å². The maximum absolute atomic E-state index is 13.5. The number of sulfonamides is 1. The molecule has 0 fully saturated rings. The van der Waals surface area contributed by atoms with Gasteiger partial charge in [-0.3, -0.25) is 13.9 Å². The molecular formula is C24H32BrN3O5S. The molecule has 8 nitrogen and oxygen atoms in total. The fraction of sp³-hybridized carbons (Fsp3) is 0.417. The molecule has 2 aromatic rings. The molecule has 10 heteroatoms. The van der Waals surface area contributed by atoms with Crippen LogP contribution in [-0.2, 0) is 26.2 Å². The lowest BCUT2D eigenvalue weighted by Crippen LogP contribution is -2.54. The molecule has 0 aliphatic heterocycles. The van der Waals surface area contributed by atoms with Gasteiger partial charge in [0.1, 0.15) is 18.3 Å². The molecule has 2 rings (SSSR count). The number of rotatable bonds is 9. The van der Waals surface area contributed by atoms with Gasteiger partial charge in [0.15, 0.2) is 0 Å². The summed E-state index contributed by atoms with van der Waals surface area (Å²) in [6, 6.07) is 13.0. The van der Waals surface area contributed by atoms with E-state index in [4.69, 9.17) is 4.74 Å². The molecule has 0 aromatic heterocycles. The Bertz CT molecular complexity index is 1130. The molecule has 1 atom stereocenters. The second-order valence-electron chi connectivity index (χ2n) is 9.04. The summed E-state index contributed by atoms with van der Waals surface area (Å²) in [5.74, 6) is -0.379. The van der Waals surface area contributed by atoms with Gasteiger partial charge in [-0.1, -0.05) is 34.1 Å². The first-order valence-corrected chi connectivity index (χ1v) is 13.3. The summed E-state index contributed by atoms with van der Waals surface area (Å²) in [5.41, 5.74) is 0.602. The summed E-state index contributed by atoms with van der Waals surface area (Å²) in [6.45, 7) is 6.86. The zero-order valence-corrected chi connectivity index (χ0v) is 22.7. The molecule has 0 bridgehead atoms. The van der Waals surface area contributed by atoms with Crippen LogP contribution >= 0.6 is 15.9 Å². The van der Waals surface area contributed by atoms with Crippen LogP contribution < -0.4 is 14.4 Å². The van der Waals surface area contributed by atoms with Gasteiger partial charge in [-0.2, -0.15) is 0 Å². The van der Waals surface area contributed by atoms with Gasteiger partial charge in [-0.15, -0.1) is 0 Å². The van der Waals surface area contributed by atoms with Crippen LogP contribution in [0.25, 0.3) is 0 Å². The number of anilines is 1. The van der Waals surface area contributed by atoms with E-state index >= 15 is 0 Å². The Morgan fingerprint density at radius 2 is 1.76 bits per heavy atom. The molecule has 0 aliphatic rings. The maximum atomic E-state index is 13.5. The highest BCUT2D eigenvalue weighted by molar-refractivity contribution is 9.10. The summed E-state index contributed by atoms with van der Waals surface area (Å²) < 4.78 is 32.3. The van der Waals surface area contributed by atoms with E-state index in [1.54, 1.807) is 31.2 Å². The van der Waals surface area contributed by atoms with Crippen LogP contribution in [0.1, 0.15) is 33.3 Å². The second-order valence-corrected chi connectivity index (χ2v) is 11.9. The Hall–Kier alpha value is -2.59. The smallest absolute Gasteiger partial charge is 0.244 e. The van der Waals surface area contributed by atoms with E-state index in [-0.39, 0.29) is 12.5 Å². The normalized spacial score (nSPS) is 12.6. The minimum absolute atomic E-state index is 0.132. The molecule has 0 radical (unpaired) electrons. The summed E-state index contributed by atoms with van der Waals surface area (Å²) in [4.78, 5) is 27.9. The number of ether oxygens (including phenoxy) is 1. The van der Waals surface area contributed by atoms with Crippen molar-refractivity contribution >= 4 is 43.5 Å². The highest BCUT2D eigenvalue weighted by Gasteiger charge is 2.31. The molecular weight excluding hydrogens is 522 g/mol. The molecule has 0 heterocycles. The van der Waals surface area contributed by atoms with Crippen molar-refractivity contribution in [2.75, 3.05) is 24.2 Å². The third kappa shape index (κ3) is 8.02. The number of carbonyl (C=O) groups is 2. The summed E-state index contributed by atoms with van der Waals surface area (Å²) in [5, 5.41) is 2.89. The van der Waals surface area contributed by atoms with Crippen LogP contribution in [0.3, 0.4) is 0 Å². The van der Waals surface area contributed by atoms with Crippen molar-refractivity contribution in [3.63, 3.8) is 0 Å². The van der Waals surface area contributed by atoms with Crippen LogP contribution in [0, 0.1) is 0 Å². The lowest BCUT2D eigenvalue weighted by molar-refractivity contribution is -0.140. The van der Waals surface area contributed by atoms with Crippen LogP contribution in [0.15, 0.2) is 53.0 Å². The molecule has 0 saturated heterocycles. The van der Waals surface area contributed by atoms with Crippen LogP contribution in [0.2, 0.25) is 0 Å². The average molecular weight is 555 g/mol. The first-order chi connectivity index (χ1) is 15.7. The molecule has 0 aliphatic carbocycles. The lowest BCUT2D eigenvalue weighted by atomic mass is 10.1. The highest BCUT2D eigenvalue weighted by atomic mass is 79.9. The topological polar surface area (TPSA) is 96.0 Å². The zero-order valence-electron chi connectivity index (χ0n) is 20.3. The number of halogens is 1. The largest absolute Gasteiger partial charge is 0.497 e. The number of hydrogen-bond donors (Lipinski definition) is 1. The Balaban J connectivity index is 2.42. The number of carbonyl (C=O) groups excluding carboxylic acids is 2. The SMILES string of the molecule is COc1cccc(N(CC(=O)N(Cc2cccc(Br)c2)[C@H](C)C(=O)NC(C)(C)C)S(C)(=O)=O)c1. The van der Waals surface area contributed by atoms with E-state index in [2.05, 4.69) is 21.2 Å². The van der Waals surface area contributed by atoms with Crippen LogP contribution in [-0.4, -0.2) is 56.6 Å². The summed E-state index contributed by atoms with van der Waals surface area (Å²) >= 11 is 3.42. The van der Waals surface area contributed by atoms with Gasteiger partial charge in [0.25, 0.3) is 0 Å². The van der Waals surface area contributed by atoms with Crippen molar-refractivity contribution < 1.29 is 22.7 Å². The van der Waals surface area contributed by atoms with Gasteiger partial charge >= 0.3 is 0 Å². The minimum atomic E-state index is -3.80.